The van der Waals surface area contributed by atoms with Crippen LogP contribution in [0.3, 0.4) is 0 Å². The van der Waals surface area contributed by atoms with Crippen molar-refractivity contribution in [2.45, 2.75) is 33.1 Å². The van der Waals surface area contributed by atoms with Gasteiger partial charge >= 0.3 is 0 Å². The van der Waals surface area contributed by atoms with Crippen LogP contribution in [0, 0.1) is 0 Å². The average molecular weight is 176 g/mol. The van der Waals surface area contributed by atoms with Crippen molar-refractivity contribution in [1.82, 2.24) is 0 Å². The van der Waals surface area contributed by atoms with Crippen LogP contribution in [0.2, 0.25) is 0 Å². The summed E-state index contributed by atoms with van der Waals surface area (Å²) in [7, 11) is 0. The molecule has 0 saturated heterocycles. The van der Waals surface area contributed by atoms with Gasteiger partial charge in [0, 0.05) is 0 Å². The van der Waals surface area contributed by atoms with Crippen LogP contribution in [-0.4, -0.2) is 0 Å². The van der Waals surface area contributed by atoms with Gasteiger partial charge in [-0.1, -0.05) is 48.6 Å². The van der Waals surface area contributed by atoms with E-state index in [-0.39, 0.29) is 0 Å². The van der Waals surface area contributed by atoms with Gasteiger partial charge in [0.2, 0.25) is 0 Å². The van der Waals surface area contributed by atoms with Crippen molar-refractivity contribution in [3.05, 3.63) is 48.6 Å². The molecule has 0 heterocycles. The Bertz CT molecular complexity index is 204. The molecule has 0 rings (SSSR count). The molecule has 0 fully saturated rings. The standard InChI is InChI=1S/C13H20/c1-4-5-6-7-8-9-10-11-12-13(2)3/h4-7,11-12H,2,8-10H2,1,3H3/b5-4-,7-6+,12-11+. The van der Waals surface area contributed by atoms with Gasteiger partial charge in [0.05, 0.1) is 0 Å². The van der Waals surface area contributed by atoms with Gasteiger partial charge in [0.25, 0.3) is 0 Å². The largest absolute Gasteiger partial charge is 0.0961 e. The fourth-order valence-corrected chi connectivity index (χ4v) is 0.924. The molecule has 0 aliphatic rings. The van der Waals surface area contributed by atoms with Gasteiger partial charge in [0.15, 0.2) is 0 Å². The number of unbranched alkanes of at least 4 members (excludes halogenated alkanes) is 2. The lowest BCUT2D eigenvalue weighted by molar-refractivity contribution is 0.867. The van der Waals surface area contributed by atoms with Crippen LogP contribution in [0.25, 0.3) is 0 Å². The monoisotopic (exact) mass is 176 g/mol. The van der Waals surface area contributed by atoms with Crippen molar-refractivity contribution in [3.8, 4) is 0 Å². The van der Waals surface area contributed by atoms with E-state index in [0.29, 0.717) is 0 Å². The predicted octanol–water partition coefficient (Wildman–Crippen LogP) is 4.42. The molecule has 0 saturated carbocycles. The molecule has 0 aliphatic carbocycles. The van der Waals surface area contributed by atoms with Gasteiger partial charge in [-0.15, -0.1) is 0 Å². The van der Waals surface area contributed by atoms with Crippen molar-refractivity contribution >= 4 is 0 Å². The molecule has 0 aromatic rings. The normalized spacial score (nSPS) is 12.2. The summed E-state index contributed by atoms with van der Waals surface area (Å²) < 4.78 is 0. The number of hydrogen-bond acceptors (Lipinski definition) is 0. The van der Waals surface area contributed by atoms with Gasteiger partial charge < -0.3 is 0 Å². The van der Waals surface area contributed by atoms with E-state index in [1.807, 2.05) is 19.9 Å². The Balaban J connectivity index is 3.31. The first kappa shape index (κ1) is 12.0. The van der Waals surface area contributed by atoms with Crippen LogP contribution >= 0.6 is 0 Å². The molecule has 0 aromatic heterocycles. The van der Waals surface area contributed by atoms with Crippen LogP contribution < -0.4 is 0 Å². The minimum atomic E-state index is 1.13. The SMILES string of the molecule is C=C(C)/C=C/CCC/C=C/C=C\C. The summed E-state index contributed by atoms with van der Waals surface area (Å²) >= 11 is 0. The lowest BCUT2D eigenvalue weighted by Gasteiger charge is -1.89. The average Bonchev–Trinajstić information content (AvgIpc) is 2.09. The zero-order chi connectivity index (χ0) is 9.94. The smallest absolute Gasteiger partial charge is 0.0345 e. The summed E-state index contributed by atoms with van der Waals surface area (Å²) in [6.07, 6.45) is 16.2. The number of allylic oxidation sites excluding steroid dienone is 7. The topological polar surface area (TPSA) is 0 Å². The molecule has 0 spiro atoms. The second-order valence-electron chi connectivity index (χ2n) is 3.13. The summed E-state index contributed by atoms with van der Waals surface area (Å²) in [4.78, 5) is 0. The van der Waals surface area contributed by atoms with Crippen LogP contribution in [0.15, 0.2) is 48.6 Å². The number of hydrogen-bond donors (Lipinski definition) is 0. The molecular formula is C13H20. The highest BCUT2D eigenvalue weighted by Crippen LogP contribution is 2.00. The molecular weight excluding hydrogens is 156 g/mol. The molecule has 0 N–H and O–H groups in total. The Morgan fingerprint density at radius 1 is 1.15 bits per heavy atom. The fourth-order valence-electron chi connectivity index (χ4n) is 0.924. The van der Waals surface area contributed by atoms with Crippen molar-refractivity contribution < 1.29 is 0 Å². The molecule has 0 unspecified atom stereocenters. The summed E-state index contributed by atoms with van der Waals surface area (Å²) in [6.45, 7) is 7.85. The Morgan fingerprint density at radius 3 is 2.46 bits per heavy atom. The molecule has 0 aliphatic heterocycles. The first-order valence-corrected chi connectivity index (χ1v) is 4.87. The van der Waals surface area contributed by atoms with E-state index >= 15 is 0 Å². The summed E-state index contributed by atoms with van der Waals surface area (Å²) in [6, 6.07) is 0. The van der Waals surface area contributed by atoms with Crippen molar-refractivity contribution in [3.63, 3.8) is 0 Å². The quantitative estimate of drug-likeness (QED) is 0.415. The minimum Gasteiger partial charge on any atom is -0.0961 e. The highest BCUT2D eigenvalue weighted by Gasteiger charge is 1.79. The van der Waals surface area contributed by atoms with E-state index in [1.54, 1.807) is 0 Å². The van der Waals surface area contributed by atoms with Crippen molar-refractivity contribution in [2.75, 3.05) is 0 Å². The Morgan fingerprint density at radius 2 is 1.85 bits per heavy atom. The van der Waals surface area contributed by atoms with Crippen LogP contribution in [0.5, 0.6) is 0 Å². The maximum atomic E-state index is 3.80. The summed E-state index contributed by atoms with van der Waals surface area (Å²) in [5, 5.41) is 0. The van der Waals surface area contributed by atoms with Gasteiger partial charge in [-0.25, -0.2) is 0 Å². The zero-order valence-corrected chi connectivity index (χ0v) is 8.79. The summed E-state index contributed by atoms with van der Waals surface area (Å²) in [5.74, 6) is 0. The van der Waals surface area contributed by atoms with Gasteiger partial charge in [0.1, 0.15) is 0 Å². The molecule has 0 amide bonds. The third-order valence-corrected chi connectivity index (χ3v) is 1.58. The van der Waals surface area contributed by atoms with Gasteiger partial charge in [-0.2, -0.15) is 0 Å². The van der Waals surface area contributed by atoms with E-state index in [4.69, 9.17) is 0 Å². The lowest BCUT2D eigenvalue weighted by Crippen LogP contribution is -1.69. The molecule has 0 nitrogen and oxygen atoms in total. The lowest BCUT2D eigenvalue weighted by atomic mass is 10.2. The first-order valence-electron chi connectivity index (χ1n) is 4.87. The van der Waals surface area contributed by atoms with E-state index < -0.39 is 0 Å². The van der Waals surface area contributed by atoms with Crippen molar-refractivity contribution in [1.29, 1.82) is 0 Å². The van der Waals surface area contributed by atoms with Crippen LogP contribution in [-0.2, 0) is 0 Å². The third kappa shape index (κ3) is 11.0. The van der Waals surface area contributed by atoms with Crippen LogP contribution in [0.1, 0.15) is 33.1 Å². The molecule has 0 heteroatoms. The maximum absolute atomic E-state index is 3.80. The maximum Gasteiger partial charge on any atom is -0.0345 e. The molecule has 0 radical (unpaired) electrons. The Hall–Kier alpha value is -1.04. The molecule has 13 heavy (non-hydrogen) atoms. The highest BCUT2D eigenvalue weighted by atomic mass is 13.9. The predicted molar refractivity (Wildman–Crippen MR) is 61.8 cm³/mol. The van der Waals surface area contributed by atoms with E-state index in [2.05, 4.69) is 37.0 Å². The van der Waals surface area contributed by atoms with E-state index in [9.17, 15) is 0 Å². The zero-order valence-electron chi connectivity index (χ0n) is 8.79. The first-order chi connectivity index (χ1) is 6.27. The van der Waals surface area contributed by atoms with Crippen molar-refractivity contribution in [2.24, 2.45) is 0 Å². The fraction of sp³-hybridized carbons (Fsp3) is 0.385. The minimum absolute atomic E-state index is 1.13. The van der Waals surface area contributed by atoms with Gasteiger partial charge in [-0.05, 0) is 33.1 Å². The Kier molecular flexibility index (Phi) is 8.33. The third-order valence-electron chi connectivity index (χ3n) is 1.58. The molecule has 72 valence electrons. The molecule has 0 aromatic carbocycles. The second-order valence-corrected chi connectivity index (χ2v) is 3.13. The highest BCUT2D eigenvalue weighted by molar-refractivity contribution is 5.10. The van der Waals surface area contributed by atoms with E-state index in [1.165, 1.54) is 6.42 Å². The van der Waals surface area contributed by atoms with E-state index in [0.717, 1.165) is 18.4 Å². The van der Waals surface area contributed by atoms with Crippen LogP contribution in [0.4, 0.5) is 0 Å². The van der Waals surface area contributed by atoms with Gasteiger partial charge in [-0.3, -0.25) is 0 Å². The number of rotatable bonds is 6. The summed E-state index contributed by atoms with van der Waals surface area (Å²) in [5.41, 5.74) is 1.13. The molecule has 0 bridgehead atoms. The molecule has 0 atom stereocenters. The second kappa shape index (κ2) is 9.05. The Labute approximate surface area is 82.4 Å².